The summed E-state index contributed by atoms with van der Waals surface area (Å²) in [5.41, 5.74) is 1.64. The number of nitrogens with zero attached hydrogens (tertiary/aromatic N) is 2. The molecule has 136 valence electrons. The molecular formula is C20H17N3O3S. The number of amides is 1. The fourth-order valence-corrected chi connectivity index (χ4v) is 3.78. The number of hydrogen-bond acceptors (Lipinski definition) is 5. The summed E-state index contributed by atoms with van der Waals surface area (Å²) in [5, 5.41) is 2.77. The Morgan fingerprint density at radius 1 is 1.19 bits per heavy atom. The van der Waals surface area contributed by atoms with Crippen molar-refractivity contribution in [1.82, 2.24) is 4.57 Å². The Morgan fingerprint density at radius 2 is 1.96 bits per heavy atom. The van der Waals surface area contributed by atoms with Gasteiger partial charge in [0.15, 0.2) is 11.4 Å². The van der Waals surface area contributed by atoms with Gasteiger partial charge < -0.3 is 10.1 Å². The minimum absolute atomic E-state index is 0.00848. The lowest BCUT2D eigenvalue weighted by atomic mass is 10.2. The first-order valence-electron chi connectivity index (χ1n) is 8.53. The second-order valence-corrected chi connectivity index (χ2v) is 7.01. The van der Waals surface area contributed by atoms with Crippen molar-refractivity contribution in [2.45, 2.75) is 6.54 Å². The second kappa shape index (κ2) is 7.59. The van der Waals surface area contributed by atoms with E-state index in [-0.39, 0.29) is 18.1 Å². The van der Waals surface area contributed by atoms with Gasteiger partial charge in [0, 0.05) is 12.2 Å². The molecule has 0 saturated heterocycles. The van der Waals surface area contributed by atoms with E-state index in [4.69, 9.17) is 4.74 Å². The topological polar surface area (TPSA) is 72.7 Å². The number of thiazole rings is 1. The number of anilines is 1. The van der Waals surface area contributed by atoms with Gasteiger partial charge in [-0.1, -0.05) is 41.7 Å². The number of rotatable bonds is 5. The standard InChI is InChI=1S/C20H17N3O3S/c24-18(22-15-4-2-1-3-5-15)13-26-16-8-6-14(7-9-16)12-17-19(25)23-11-10-21-20(23)27-17/h1-9,12H,10-11,13H2,(H,22,24)/b17-12+. The smallest absolute Gasteiger partial charge is 0.270 e. The number of benzene rings is 2. The molecule has 1 aromatic heterocycles. The van der Waals surface area contributed by atoms with Crippen molar-refractivity contribution in [2.75, 3.05) is 18.5 Å². The van der Waals surface area contributed by atoms with E-state index in [2.05, 4.69) is 10.3 Å². The van der Waals surface area contributed by atoms with Gasteiger partial charge in [-0.25, -0.2) is 0 Å². The molecule has 1 aliphatic heterocycles. The maximum atomic E-state index is 12.3. The maximum Gasteiger partial charge on any atom is 0.270 e. The summed E-state index contributed by atoms with van der Waals surface area (Å²) >= 11 is 1.41. The van der Waals surface area contributed by atoms with Crippen molar-refractivity contribution in [3.63, 3.8) is 0 Å². The van der Waals surface area contributed by atoms with Gasteiger partial charge in [-0.15, -0.1) is 0 Å². The third-order valence-electron chi connectivity index (χ3n) is 4.06. The average molecular weight is 379 g/mol. The summed E-state index contributed by atoms with van der Waals surface area (Å²) in [4.78, 5) is 29.3. The summed E-state index contributed by atoms with van der Waals surface area (Å²) in [7, 11) is 0. The number of nitrogens with one attached hydrogen (secondary N) is 1. The molecule has 4 rings (SSSR count). The summed E-state index contributed by atoms with van der Waals surface area (Å²) < 4.78 is 7.89. The molecule has 2 aromatic carbocycles. The van der Waals surface area contributed by atoms with Crippen LogP contribution in [-0.2, 0) is 11.3 Å². The van der Waals surface area contributed by atoms with Gasteiger partial charge in [0.05, 0.1) is 11.1 Å². The fraction of sp³-hybridized carbons (Fsp3) is 0.150. The number of ether oxygens (including phenoxy) is 1. The van der Waals surface area contributed by atoms with Crippen molar-refractivity contribution in [3.05, 3.63) is 79.8 Å². The number of aromatic nitrogens is 1. The monoisotopic (exact) mass is 379 g/mol. The molecule has 0 saturated carbocycles. The fourth-order valence-electron chi connectivity index (χ4n) is 2.75. The van der Waals surface area contributed by atoms with Gasteiger partial charge >= 0.3 is 0 Å². The van der Waals surface area contributed by atoms with Crippen LogP contribution in [0, 0.1) is 0 Å². The van der Waals surface area contributed by atoms with E-state index >= 15 is 0 Å². The molecule has 0 fully saturated rings. The highest BCUT2D eigenvalue weighted by Gasteiger charge is 2.09. The van der Waals surface area contributed by atoms with Crippen LogP contribution in [0.15, 0.2) is 64.4 Å². The van der Waals surface area contributed by atoms with Crippen LogP contribution < -0.4 is 24.9 Å². The number of para-hydroxylation sites is 1. The van der Waals surface area contributed by atoms with E-state index in [9.17, 15) is 9.59 Å². The van der Waals surface area contributed by atoms with Gasteiger partial charge in [-0.3, -0.25) is 19.1 Å². The van der Waals surface area contributed by atoms with Gasteiger partial charge in [-0.05, 0) is 35.9 Å². The largest absolute Gasteiger partial charge is 0.484 e. The molecule has 0 unspecified atom stereocenters. The Balaban J connectivity index is 1.40. The van der Waals surface area contributed by atoms with E-state index in [1.54, 1.807) is 16.7 Å². The second-order valence-electron chi connectivity index (χ2n) is 6.00. The average Bonchev–Trinajstić information content (AvgIpc) is 3.25. The Bertz CT molecular complexity index is 1130. The first kappa shape index (κ1) is 17.2. The zero-order chi connectivity index (χ0) is 18.6. The van der Waals surface area contributed by atoms with E-state index in [0.29, 0.717) is 23.4 Å². The summed E-state index contributed by atoms with van der Waals surface area (Å²) in [6.45, 7) is 1.28. The first-order valence-corrected chi connectivity index (χ1v) is 9.34. The zero-order valence-corrected chi connectivity index (χ0v) is 15.2. The highest BCUT2D eigenvalue weighted by molar-refractivity contribution is 7.07. The molecule has 0 radical (unpaired) electrons. The van der Waals surface area contributed by atoms with E-state index in [1.165, 1.54) is 11.3 Å². The van der Waals surface area contributed by atoms with Gasteiger partial charge in [-0.2, -0.15) is 0 Å². The van der Waals surface area contributed by atoms with E-state index < -0.39 is 0 Å². The van der Waals surface area contributed by atoms with Crippen molar-refractivity contribution in [3.8, 4) is 5.75 Å². The van der Waals surface area contributed by atoms with Gasteiger partial charge in [0.25, 0.3) is 11.5 Å². The zero-order valence-electron chi connectivity index (χ0n) is 14.4. The normalized spacial score (nSPS) is 13.1. The number of carbonyl (C=O) groups excluding carboxylic acids is 1. The summed E-state index contributed by atoms with van der Waals surface area (Å²) in [6, 6.07) is 16.5. The first-order chi connectivity index (χ1) is 13.2. The van der Waals surface area contributed by atoms with Crippen LogP contribution in [0.1, 0.15) is 5.56 Å². The molecule has 1 aliphatic rings. The Kier molecular flexibility index (Phi) is 4.84. The highest BCUT2D eigenvalue weighted by Crippen LogP contribution is 2.13. The lowest BCUT2D eigenvalue weighted by molar-refractivity contribution is -0.118. The van der Waals surface area contributed by atoms with Crippen molar-refractivity contribution >= 4 is 29.0 Å². The van der Waals surface area contributed by atoms with Crippen LogP contribution in [0.3, 0.4) is 0 Å². The van der Waals surface area contributed by atoms with Crippen LogP contribution in [0.5, 0.6) is 5.75 Å². The molecule has 1 amide bonds. The van der Waals surface area contributed by atoms with Crippen LogP contribution in [-0.4, -0.2) is 23.6 Å². The molecule has 27 heavy (non-hydrogen) atoms. The highest BCUT2D eigenvalue weighted by atomic mass is 32.1. The quantitative estimate of drug-likeness (QED) is 0.728. The lowest BCUT2D eigenvalue weighted by Gasteiger charge is -2.07. The van der Waals surface area contributed by atoms with Crippen molar-refractivity contribution in [1.29, 1.82) is 0 Å². The van der Waals surface area contributed by atoms with E-state index in [1.807, 2.05) is 48.5 Å². The van der Waals surface area contributed by atoms with Crippen molar-refractivity contribution < 1.29 is 9.53 Å². The summed E-state index contributed by atoms with van der Waals surface area (Å²) in [5.74, 6) is 0.373. The molecular weight excluding hydrogens is 362 g/mol. The minimum atomic E-state index is -0.221. The number of hydrogen-bond donors (Lipinski definition) is 1. The molecule has 3 aromatic rings. The molecule has 7 heteroatoms. The Hall–Kier alpha value is -3.19. The van der Waals surface area contributed by atoms with Gasteiger partial charge in [0.1, 0.15) is 5.75 Å². The predicted octanol–water partition coefficient (Wildman–Crippen LogP) is 1.39. The third kappa shape index (κ3) is 3.98. The number of fused-ring (bicyclic) bond motifs is 1. The minimum Gasteiger partial charge on any atom is -0.484 e. The van der Waals surface area contributed by atoms with Crippen LogP contribution in [0.25, 0.3) is 6.08 Å². The molecule has 0 aliphatic carbocycles. The van der Waals surface area contributed by atoms with Crippen LogP contribution in [0.4, 0.5) is 5.69 Å². The SMILES string of the molecule is O=C(COc1ccc(/C=c2/sc3n(c2=O)CCN=3)cc1)Nc1ccccc1. The Labute approximate surface area is 159 Å². The molecule has 1 N–H and O–H groups in total. The molecule has 6 nitrogen and oxygen atoms in total. The third-order valence-corrected chi connectivity index (χ3v) is 5.11. The summed E-state index contributed by atoms with van der Waals surface area (Å²) in [6.07, 6.45) is 1.85. The molecule has 2 heterocycles. The predicted molar refractivity (Wildman–Crippen MR) is 105 cm³/mol. The van der Waals surface area contributed by atoms with Crippen LogP contribution >= 0.6 is 11.3 Å². The number of carbonyl (C=O) groups is 1. The Morgan fingerprint density at radius 3 is 2.70 bits per heavy atom. The maximum absolute atomic E-state index is 12.3. The van der Waals surface area contributed by atoms with Gasteiger partial charge in [0.2, 0.25) is 0 Å². The van der Waals surface area contributed by atoms with Crippen LogP contribution in [0.2, 0.25) is 0 Å². The molecule has 0 bridgehead atoms. The lowest BCUT2D eigenvalue weighted by Crippen LogP contribution is -2.29. The molecule has 0 atom stereocenters. The molecule has 0 spiro atoms. The van der Waals surface area contributed by atoms with Crippen molar-refractivity contribution in [2.24, 2.45) is 4.99 Å². The van der Waals surface area contributed by atoms with E-state index in [0.717, 1.165) is 16.1 Å².